The lowest BCUT2D eigenvalue weighted by atomic mass is 9.92. The standard InChI is InChI=1S/C19H25ClN2O4S2/c1-11(2)15-7-14(20)8-16(12(3)4)18(15)21-19(24)22-28(25,26)10-17(23)13-5-6-27-9-13/h5-9,11-12,17,23H,10H2,1-4H3,(H2,21,22,24). The first-order chi connectivity index (χ1) is 13.0. The van der Waals surface area contributed by atoms with E-state index in [0.717, 1.165) is 11.1 Å². The highest BCUT2D eigenvalue weighted by atomic mass is 35.5. The summed E-state index contributed by atoms with van der Waals surface area (Å²) in [4.78, 5) is 12.4. The highest BCUT2D eigenvalue weighted by Gasteiger charge is 2.23. The number of halogens is 1. The first-order valence-electron chi connectivity index (χ1n) is 8.85. The maximum absolute atomic E-state index is 12.4. The van der Waals surface area contributed by atoms with Crippen molar-refractivity contribution in [2.75, 3.05) is 11.1 Å². The molecule has 0 saturated carbocycles. The van der Waals surface area contributed by atoms with Crippen LogP contribution < -0.4 is 10.0 Å². The zero-order valence-corrected chi connectivity index (χ0v) is 18.6. The summed E-state index contributed by atoms with van der Waals surface area (Å²) in [5.74, 6) is -0.460. The Morgan fingerprint density at radius 3 is 2.21 bits per heavy atom. The molecule has 28 heavy (non-hydrogen) atoms. The predicted octanol–water partition coefficient (Wildman–Crippen LogP) is 4.83. The zero-order chi connectivity index (χ0) is 21.1. The van der Waals surface area contributed by atoms with Crippen LogP contribution in [0, 0.1) is 0 Å². The Labute approximate surface area is 175 Å². The van der Waals surface area contributed by atoms with Gasteiger partial charge in [-0.1, -0.05) is 39.3 Å². The number of carbonyl (C=O) groups is 1. The number of aliphatic hydroxyl groups is 1. The number of thiophene rings is 1. The molecule has 1 atom stereocenters. The molecule has 0 fully saturated rings. The van der Waals surface area contributed by atoms with Gasteiger partial charge in [-0.25, -0.2) is 17.9 Å². The number of nitrogens with one attached hydrogen (secondary N) is 2. The summed E-state index contributed by atoms with van der Waals surface area (Å²) >= 11 is 7.56. The third-order valence-corrected chi connectivity index (χ3v) is 6.37. The fourth-order valence-electron chi connectivity index (χ4n) is 2.80. The van der Waals surface area contributed by atoms with Gasteiger partial charge in [0.15, 0.2) is 0 Å². The average molecular weight is 445 g/mol. The van der Waals surface area contributed by atoms with E-state index in [0.29, 0.717) is 16.3 Å². The molecule has 1 aromatic carbocycles. The quantitative estimate of drug-likeness (QED) is 0.569. The number of benzene rings is 1. The lowest BCUT2D eigenvalue weighted by molar-refractivity contribution is 0.202. The lowest BCUT2D eigenvalue weighted by Crippen LogP contribution is -2.37. The van der Waals surface area contributed by atoms with E-state index in [1.54, 1.807) is 29.0 Å². The zero-order valence-electron chi connectivity index (χ0n) is 16.2. The Morgan fingerprint density at radius 1 is 1.18 bits per heavy atom. The van der Waals surface area contributed by atoms with E-state index in [1.807, 2.05) is 32.4 Å². The molecule has 3 N–H and O–H groups in total. The molecule has 1 heterocycles. The Hall–Kier alpha value is -1.61. The Morgan fingerprint density at radius 2 is 1.75 bits per heavy atom. The summed E-state index contributed by atoms with van der Waals surface area (Å²) in [5.41, 5.74) is 2.70. The van der Waals surface area contributed by atoms with Crippen LogP contribution in [0.2, 0.25) is 5.02 Å². The van der Waals surface area contributed by atoms with E-state index in [4.69, 9.17) is 11.6 Å². The third kappa shape index (κ3) is 5.94. The molecule has 0 saturated heterocycles. The maximum Gasteiger partial charge on any atom is 0.332 e. The molecular weight excluding hydrogens is 420 g/mol. The van der Waals surface area contributed by atoms with Gasteiger partial charge in [0.25, 0.3) is 0 Å². The second-order valence-electron chi connectivity index (χ2n) is 7.18. The van der Waals surface area contributed by atoms with Crippen LogP contribution in [0.25, 0.3) is 0 Å². The minimum absolute atomic E-state index is 0.0727. The summed E-state index contributed by atoms with van der Waals surface area (Å²) in [6.07, 6.45) is -1.20. The Balaban J connectivity index is 2.20. The number of hydrogen-bond donors (Lipinski definition) is 3. The van der Waals surface area contributed by atoms with Crippen molar-refractivity contribution in [1.29, 1.82) is 0 Å². The van der Waals surface area contributed by atoms with Gasteiger partial charge in [0.05, 0.1) is 11.9 Å². The van der Waals surface area contributed by atoms with Gasteiger partial charge < -0.3 is 10.4 Å². The van der Waals surface area contributed by atoms with Crippen LogP contribution >= 0.6 is 22.9 Å². The van der Waals surface area contributed by atoms with E-state index >= 15 is 0 Å². The topological polar surface area (TPSA) is 95.5 Å². The number of carbonyl (C=O) groups excluding carboxylic acids is 1. The van der Waals surface area contributed by atoms with Gasteiger partial charge in [0.1, 0.15) is 0 Å². The van der Waals surface area contributed by atoms with Crippen LogP contribution in [0.4, 0.5) is 10.5 Å². The molecule has 9 heteroatoms. The van der Waals surface area contributed by atoms with Gasteiger partial charge in [0.2, 0.25) is 10.0 Å². The molecule has 1 aromatic heterocycles. The van der Waals surface area contributed by atoms with Crippen molar-refractivity contribution in [3.8, 4) is 0 Å². The molecule has 1 unspecified atom stereocenters. The molecule has 2 rings (SSSR count). The van der Waals surface area contributed by atoms with E-state index in [1.165, 1.54) is 11.3 Å². The average Bonchev–Trinajstić information content (AvgIpc) is 3.09. The van der Waals surface area contributed by atoms with Crippen LogP contribution in [-0.4, -0.2) is 25.3 Å². The van der Waals surface area contributed by atoms with Gasteiger partial charge in [-0.2, -0.15) is 11.3 Å². The van der Waals surface area contributed by atoms with Crippen molar-refractivity contribution < 1.29 is 18.3 Å². The van der Waals surface area contributed by atoms with Gasteiger partial charge >= 0.3 is 6.03 Å². The highest BCUT2D eigenvalue weighted by molar-refractivity contribution is 7.90. The number of anilines is 1. The van der Waals surface area contributed by atoms with Crippen molar-refractivity contribution in [2.45, 2.75) is 45.6 Å². The van der Waals surface area contributed by atoms with Crippen molar-refractivity contribution in [3.05, 3.63) is 50.7 Å². The molecule has 2 amide bonds. The van der Waals surface area contributed by atoms with Crippen LogP contribution in [0.15, 0.2) is 29.0 Å². The molecule has 6 nitrogen and oxygen atoms in total. The number of sulfonamides is 1. The van der Waals surface area contributed by atoms with Gasteiger partial charge in [-0.05, 0) is 57.5 Å². The summed E-state index contributed by atoms with van der Waals surface area (Å²) < 4.78 is 26.5. The number of hydrogen-bond acceptors (Lipinski definition) is 5. The van der Waals surface area contributed by atoms with Crippen molar-refractivity contribution in [1.82, 2.24) is 4.72 Å². The fourth-order valence-corrected chi connectivity index (χ4v) is 4.76. The molecule has 0 radical (unpaired) electrons. The van der Waals surface area contributed by atoms with Crippen molar-refractivity contribution >= 4 is 44.7 Å². The molecule has 2 aromatic rings. The van der Waals surface area contributed by atoms with E-state index in [-0.39, 0.29) is 11.8 Å². The van der Waals surface area contributed by atoms with Gasteiger partial charge in [-0.3, -0.25) is 0 Å². The number of urea groups is 1. The molecule has 0 aliphatic carbocycles. The molecule has 0 bridgehead atoms. The second-order valence-corrected chi connectivity index (χ2v) is 10.2. The molecule has 0 spiro atoms. The van der Waals surface area contributed by atoms with Gasteiger partial charge in [0, 0.05) is 10.7 Å². The van der Waals surface area contributed by atoms with Crippen LogP contribution in [0.5, 0.6) is 0 Å². The highest BCUT2D eigenvalue weighted by Crippen LogP contribution is 2.35. The normalized spacial score (nSPS) is 13.0. The Bertz CT molecular complexity index is 896. The lowest BCUT2D eigenvalue weighted by Gasteiger charge is -2.21. The van der Waals surface area contributed by atoms with Crippen LogP contribution in [0.3, 0.4) is 0 Å². The van der Waals surface area contributed by atoms with Crippen molar-refractivity contribution in [3.63, 3.8) is 0 Å². The number of aliphatic hydroxyl groups excluding tert-OH is 1. The first kappa shape index (κ1) is 22.7. The van der Waals surface area contributed by atoms with Crippen LogP contribution in [-0.2, 0) is 10.0 Å². The minimum atomic E-state index is -4.03. The largest absolute Gasteiger partial charge is 0.387 e. The minimum Gasteiger partial charge on any atom is -0.387 e. The summed E-state index contributed by atoms with van der Waals surface area (Å²) in [6, 6.07) is 4.30. The maximum atomic E-state index is 12.4. The molecule has 0 aliphatic heterocycles. The number of rotatable bonds is 7. The predicted molar refractivity (Wildman–Crippen MR) is 115 cm³/mol. The van der Waals surface area contributed by atoms with E-state index < -0.39 is 27.9 Å². The van der Waals surface area contributed by atoms with Crippen LogP contribution in [0.1, 0.15) is 62.3 Å². The molecule has 0 aliphatic rings. The fraction of sp³-hybridized carbons (Fsp3) is 0.421. The summed E-state index contributed by atoms with van der Waals surface area (Å²) in [7, 11) is -4.03. The number of amides is 2. The first-order valence-corrected chi connectivity index (χ1v) is 11.8. The molecular formula is C19H25ClN2O4S2. The van der Waals surface area contributed by atoms with E-state index in [9.17, 15) is 18.3 Å². The SMILES string of the molecule is CC(C)c1cc(Cl)cc(C(C)C)c1NC(=O)NS(=O)(=O)CC(O)c1ccsc1. The van der Waals surface area contributed by atoms with Crippen molar-refractivity contribution in [2.24, 2.45) is 0 Å². The monoisotopic (exact) mass is 444 g/mol. The summed E-state index contributed by atoms with van der Waals surface area (Å²) in [6.45, 7) is 7.86. The Kier molecular flexibility index (Phi) is 7.50. The second kappa shape index (κ2) is 9.26. The summed E-state index contributed by atoms with van der Waals surface area (Å²) in [5, 5.41) is 16.7. The molecule has 154 valence electrons. The smallest absolute Gasteiger partial charge is 0.332 e. The van der Waals surface area contributed by atoms with Gasteiger partial charge in [-0.15, -0.1) is 0 Å². The third-order valence-electron chi connectivity index (χ3n) is 4.20. The van der Waals surface area contributed by atoms with E-state index in [2.05, 4.69) is 5.32 Å².